The van der Waals surface area contributed by atoms with Crippen LogP contribution < -0.4 is 31.9 Å². The number of benzene rings is 1. The van der Waals surface area contributed by atoms with Crippen molar-refractivity contribution >= 4 is 98.4 Å². The Kier molecular flexibility index (Phi) is 25.1. The zero-order valence-electron chi connectivity index (χ0n) is 32.5. The van der Waals surface area contributed by atoms with E-state index in [1.54, 1.807) is 30.3 Å². The second-order valence-electron chi connectivity index (χ2n) is 12.8. The lowest BCUT2D eigenvalue weighted by atomic mass is 10.0. The fraction of sp³-hybridized carbons (Fsp3) is 0.514. The third kappa shape index (κ3) is 23.0. The molecule has 61 heavy (non-hydrogen) atoms. The monoisotopic (exact) mass is 920 g/mol. The lowest BCUT2D eigenvalue weighted by Crippen LogP contribution is -2.57. The number of ether oxygens (including phenoxy) is 1. The Hall–Kier alpha value is -5.73. The highest BCUT2D eigenvalue weighted by molar-refractivity contribution is 8.76. The van der Waals surface area contributed by atoms with E-state index in [0.717, 1.165) is 10.8 Å². The number of hydrogen-bond donors (Lipinski definition) is 12. The predicted octanol–water partition coefficient (Wildman–Crippen LogP) is -1.36. The van der Waals surface area contributed by atoms with E-state index in [4.69, 9.17) is 22.1 Å². The first-order valence-corrected chi connectivity index (χ1v) is 21.0. The van der Waals surface area contributed by atoms with Crippen molar-refractivity contribution in [2.45, 2.75) is 87.6 Å². The minimum absolute atomic E-state index is 0.0568. The Labute approximate surface area is 361 Å². The normalized spacial score (nSPS) is 13.7. The number of thiocarbonyl (C=S) groups is 1. The Morgan fingerprint density at radius 1 is 0.574 bits per heavy atom. The summed E-state index contributed by atoms with van der Waals surface area (Å²) in [6, 6.07) is -1.20. The maximum Gasteiger partial charge on any atom is 0.327 e. The maximum absolute atomic E-state index is 13.4. The first-order valence-electron chi connectivity index (χ1n) is 18.1. The fourth-order valence-electron chi connectivity index (χ4n) is 4.94. The molecule has 26 heteroatoms. The molecule has 0 heterocycles. The Bertz CT molecular complexity index is 1720. The number of carboxylic acid groups (broad SMARTS) is 6. The van der Waals surface area contributed by atoms with Crippen molar-refractivity contribution in [1.29, 1.82) is 0 Å². The van der Waals surface area contributed by atoms with Gasteiger partial charge in [-0.3, -0.25) is 28.8 Å². The molecule has 23 nitrogen and oxygen atoms in total. The van der Waals surface area contributed by atoms with Crippen molar-refractivity contribution < 1.29 is 83.3 Å². The number of methoxy groups -OCH3 is 1. The van der Waals surface area contributed by atoms with Crippen LogP contribution in [0.25, 0.3) is 0 Å². The molecule has 0 unspecified atom stereocenters. The molecule has 0 aliphatic heterocycles. The summed E-state index contributed by atoms with van der Waals surface area (Å²) >= 11 is 4.93. The minimum Gasteiger partial charge on any atom is -0.481 e. The Morgan fingerprint density at radius 3 is 1.51 bits per heavy atom. The number of rotatable bonds is 31. The standard InChI is InChI=1S/C35H48N6O17S3/c1-58-13-14-60-61-17-24(34(56)57)39-29(48)22(15-18-5-3-2-4-6-18)38-30(49)23(16-28(46)47)37-26(43)10-7-19(31(50)51)36-25(42)11-8-20(32(52)53)40-35(59)41-21(33(54)55)9-12-27(44)45/h2-6,19-24H,7-17H2,1H3,(H,36,42)(H,37,43)(H,38,49)(H,39,48)(H,44,45)(H,46,47)(H,50,51)(H,52,53)(H,54,55)(H,56,57)(H2,40,41,59)/t19-,20-,21-,22-,23-,24-/m0/s1. The Morgan fingerprint density at radius 2 is 1.03 bits per heavy atom. The molecular weight excluding hydrogens is 873 g/mol. The summed E-state index contributed by atoms with van der Waals surface area (Å²) in [5.41, 5.74) is 0.536. The van der Waals surface area contributed by atoms with Gasteiger partial charge in [0.25, 0.3) is 0 Å². The summed E-state index contributed by atoms with van der Waals surface area (Å²) < 4.78 is 4.95. The van der Waals surface area contributed by atoms with Crippen LogP contribution in [0.4, 0.5) is 0 Å². The molecule has 1 aromatic carbocycles. The molecule has 0 aliphatic carbocycles. The Balaban J connectivity index is 2.97. The van der Waals surface area contributed by atoms with Gasteiger partial charge in [0.05, 0.1) is 13.0 Å². The molecule has 0 saturated carbocycles. The molecule has 0 saturated heterocycles. The van der Waals surface area contributed by atoms with Crippen LogP contribution in [0.15, 0.2) is 30.3 Å². The number of nitrogens with one attached hydrogen (secondary N) is 6. The lowest BCUT2D eigenvalue weighted by Gasteiger charge is -2.24. The smallest absolute Gasteiger partial charge is 0.327 e. The van der Waals surface area contributed by atoms with Crippen molar-refractivity contribution in [2.24, 2.45) is 0 Å². The molecule has 12 N–H and O–H groups in total. The van der Waals surface area contributed by atoms with E-state index in [0.29, 0.717) is 17.9 Å². The van der Waals surface area contributed by atoms with Crippen LogP contribution in [-0.4, -0.2) is 157 Å². The summed E-state index contributed by atoms with van der Waals surface area (Å²) in [7, 11) is 3.98. The predicted molar refractivity (Wildman–Crippen MR) is 219 cm³/mol. The van der Waals surface area contributed by atoms with E-state index in [2.05, 4.69) is 31.9 Å². The highest BCUT2D eigenvalue weighted by Crippen LogP contribution is 2.22. The average molecular weight is 921 g/mol. The SMILES string of the molecule is COCCSSC[C@H](NC(=O)[C@H](Cc1ccccc1)NC(=O)[C@H](CC(=O)O)NC(=O)CC[C@H](NC(=O)CC[C@H](NC(=S)N[C@@H](CCC(=O)O)C(=O)O)C(=O)O)C(=O)O)C(=O)O. The van der Waals surface area contributed by atoms with Crippen LogP contribution in [0, 0.1) is 0 Å². The summed E-state index contributed by atoms with van der Waals surface area (Å²) in [6.45, 7) is 0.407. The van der Waals surface area contributed by atoms with E-state index < -0.39 is 146 Å². The second kappa shape index (κ2) is 28.7. The van der Waals surface area contributed by atoms with Crippen molar-refractivity contribution in [1.82, 2.24) is 31.9 Å². The highest BCUT2D eigenvalue weighted by atomic mass is 33.1. The van der Waals surface area contributed by atoms with Crippen molar-refractivity contribution in [3.05, 3.63) is 35.9 Å². The average Bonchev–Trinajstić information content (AvgIpc) is 3.18. The van der Waals surface area contributed by atoms with Crippen molar-refractivity contribution in [3.8, 4) is 0 Å². The van der Waals surface area contributed by atoms with E-state index in [-0.39, 0.29) is 12.2 Å². The summed E-state index contributed by atoms with van der Waals surface area (Å²) in [6.07, 6.45) is -4.46. The quantitative estimate of drug-likeness (QED) is 0.0232. The van der Waals surface area contributed by atoms with E-state index in [1.807, 2.05) is 0 Å². The van der Waals surface area contributed by atoms with Crippen molar-refractivity contribution in [2.75, 3.05) is 25.2 Å². The van der Waals surface area contributed by atoms with Gasteiger partial charge < -0.3 is 67.3 Å². The third-order valence-electron chi connectivity index (χ3n) is 8.06. The minimum atomic E-state index is -1.80. The van der Waals surface area contributed by atoms with Gasteiger partial charge in [0.2, 0.25) is 23.6 Å². The van der Waals surface area contributed by atoms with Crippen molar-refractivity contribution in [3.63, 3.8) is 0 Å². The van der Waals surface area contributed by atoms with Gasteiger partial charge in [-0.2, -0.15) is 0 Å². The number of aliphatic carboxylic acids is 6. The van der Waals surface area contributed by atoms with E-state index in [1.165, 1.54) is 17.9 Å². The first kappa shape index (κ1) is 53.3. The highest BCUT2D eigenvalue weighted by Gasteiger charge is 2.32. The van der Waals surface area contributed by atoms with Gasteiger partial charge >= 0.3 is 35.8 Å². The van der Waals surface area contributed by atoms with Gasteiger partial charge in [-0.15, -0.1) is 0 Å². The molecule has 4 amide bonds. The number of amides is 4. The van der Waals surface area contributed by atoms with Crippen LogP contribution in [0.3, 0.4) is 0 Å². The molecule has 338 valence electrons. The van der Waals surface area contributed by atoms with E-state index >= 15 is 0 Å². The molecule has 0 radical (unpaired) electrons. The lowest BCUT2D eigenvalue weighted by molar-refractivity contribution is -0.143. The van der Waals surface area contributed by atoms with Gasteiger partial charge in [0, 0.05) is 44.3 Å². The zero-order valence-corrected chi connectivity index (χ0v) is 35.0. The molecule has 0 bridgehead atoms. The van der Waals surface area contributed by atoms with Gasteiger partial charge in [-0.1, -0.05) is 51.9 Å². The zero-order chi connectivity index (χ0) is 46.1. The van der Waals surface area contributed by atoms with Crippen LogP contribution in [0.5, 0.6) is 0 Å². The van der Waals surface area contributed by atoms with Gasteiger partial charge in [0.1, 0.15) is 36.3 Å². The fourth-order valence-corrected chi connectivity index (χ4v) is 7.29. The molecule has 0 spiro atoms. The molecule has 1 aromatic rings. The molecule has 6 atom stereocenters. The number of carboxylic acids is 6. The van der Waals surface area contributed by atoms with Gasteiger partial charge in [-0.05, 0) is 37.0 Å². The van der Waals surface area contributed by atoms with Gasteiger partial charge in [0.15, 0.2) is 5.11 Å². The topological polar surface area (TPSA) is 373 Å². The molecule has 0 aliphatic rings. The summed E-state index contributed by atoms with van der Waals surface area (Å²) in [5, 5.41) is 69.6. The summed E-state index contributed by atoms with van der Waals surface area (Å²) in [4.78, 5) is 122. The number of hydrogen-bond acceptors (Lipinski definition) is 14. The van der Waals surface area contributed by atoms with Crippen LogP contribution in [0.2, 0.25) is 0 Å². The molecular formula is C35H48N6O17S3. The first-order chi connectivity index (χ1) is 28.7. The van der Waals surface area contributed by atoms with Crippen LogP contribution >= 0.6 is 33.8 Å². The maximum atomic E-state index is 13.4. The van der Waals surface area contributed by atoms with Crippen LogP contribution in [0.1, 0.15) is 50.5 Å². The number of carbonyl (C=O) groups is 10. The summed E-state index contributed by atoms with van der Waals surface area (Å²) in [5.74, 6) is -12.4. The second-order valence-corrected chi connectivity index (χ2v) is 15.9. The molecule has 1 rings (SSSR count). The van der Waals surface area contributed by atoms with Crippen LogP contribution in [-0.2, 0) is 59.1 Å². The largest absolute Gasteiger partial charge is 0.481 e. The van der Waals surface area contributed by atoms with Gasteiger partial charge in [-0.25, -0.2) is 19.2 Å². The molecule has 0 aromatic heterocycles. The molecule has 0 fully saturated rings. The number of carbonyl (C=O) groups excluding carboxylic acids is 4. The van der Waals surface area contributed by atoms with E-state index in [9.17, 15) is 73.5 Å². The third-order valence-corrected chi connectivity index (χ3v) is 10.7.